The van der Waals surface area contributed by atoms with E-state index in [0.29, 0.717) is 16.5 Å². The molecule has 0 aliphatic heterocycles. The number of esters is 1. The third-order valence-corrected chi connectivity index (χ3v) is 5.99. The molecule has 9 nitrogen and oxygen atoms in total. The Labute approximate surface area is 212 Å². The molecule has 0 aliphatic carbocycles. The quantitative estimate of drug-likeness (QED) is 0.160. The molecule has 1 aromatic heterocycles. The van der Waals surface area contributed by atoms with Crippen molar-refractivity contribution in [3.8, 4) is 22.8 Å². The highest BCUT2D eigenvalue weighted by molar-refractivity contribution is 7.99. The average molecular weight is 502 g/mol. The molecule has 1 amide bonds. The molecule has 0 saturated heterocycles. The van der Waals surface area contributed by atoms with Crippen molar-refractivity contribution in [1.82, 2.24) is 20.2 Å². The number of nitrogens with one attached hydrogen (secondary N) is 1. The van der Waals surface area contributed by atoms with Crippen molar-refractivity contribution in [2.45, 2.75) is 5.16 Å². The van der Waals surface area contributed by atoms with Crippen LogP contribution in [0.15, 0.2) is 89.1 Å². The zero-order valence-corrected chi connectivity index (χ0v) is 20.4. The first kappa shape index (κ1) is 24.7. The Balaban J connectivity index is 1.45. The summed E-state index contributed by atoms with van der Waals surface area (Å²) < 4.78 is 11.8. The Morgan fingerprint density at radius 2 is 1.69 bits per heavy atom. The predicted molar refractivity (Wildman–Crippen MR) is 138 cm³/mol. The number of carbonyl (C=O) groups excluding carboxylic acids is 2. The summed E-state index contributed by atoms with van der Waals surface area (Å²) in [6, 6.07) is 23.9. The average Bonchev–Trinajstić information content (AvgIpc) is 3.36. The molecule has 0 saturated carbocycles. The van der Waals surface area contributed by atoms with Gasteiger partial charge in [0.2, 0.25) is 0 Å². The first-order valence-corrected chi connectivity index (χ1v) is 11.9. The van der Waals surface area contributed by atoms with E-state index in [4.69, 9.17) is 4.74 Å². The number of hydrazone groups is 1. The first-order valence-electron chi connectivity index (χ1n) is 10.9. The van der Waals surface area contributed by atoms with Crippen LogP contribution < -0.4 is 10.2 Å². The molecule has 3 aromatic carbocycles. The summed E-state index contributed by atoms with van der Waals surface area (Å²) in [6.45, 7) is 0. The van der Waals surface area contributed by atoms with Crippen molar-refractivity contribution in [2.24, 2.45) is 5.10 Å². The number of rotatable bonds is 9. The number of thioether (sulfide) groups is 1. The molecular weight excluding hydrogens is 478 g/mol. The Morgan fingerprint density at radius 1 is 0.972 bits per heavy atom. The Bertz CT molecular complexity index is 1350. The molecule has 4 rings (SSSR count). The number of ether oxygens (including phenoxy) is 2. The summed E-state index contributed by atoms with van der Waals surface area (Å²) in [5, 5.41) is 13.3. The zero-order chi connectivity index (χ0) is 25.3. The van der Waals surface area contributed by atoms with E-state index in [9.17, 15) is 9.59 Å². The Morgan fingerprint density at radius 3 is 2.36 bits per heavy atom. The van der Waals surface area contributed by atoms with Gasteiger partial charge in [0.15, 0.2) is 11.0 Å². The van der Waals surface area contributed by atoms with E-state index in [1.165, 1.54) is 25.1 Å². The van der Waals surface area contributed by atoms with Gasteiger partial charge in [0.1, 0.15) is 5.75 Å². The molecule has 4 aromatic rings. The van der Waals surface area contributed by atoms with E-state index < -0.39 is 5.97 Å². The molecule has 0 spiro atoms. The Hall–Kier alpha value is -4.44. The second-order valence-electron chi connectivity index (χ2n) is 7.40. The van der Waals surface area contributed by atoms with Crippen LogP contribution in [0.4, 0.5) is 0 Å². The summed E-state index contributed by atoms with van der Waals surface area (Å²) in [7, 11) is 2.94. The van der Waals surface area contributed by atoms with Gasteiger partial charge in [0.25, 0.3) is 5.91 Å². The molecule has 1 heterocycles. The highest BCUT2D eigenvalue weighted by Gasteiger charge is 2.17. The molecule has 0 radical (unpaired) electrons. The van der Waals surface area contributed by atoms with Crippen LogP contribution in [-0.2, 0) is 9.53 Å². The van der Waals surface area contributed by atoms with Crippen molar-refractivity contribution in [3.05, 3.63) is 90.0 Å². The minimum absolute atomic E-state index is 0.0850. The van der Waals surface area contributed by atoms with Gasteiger partial charge in [-0.05, 0) is 42.0 Å². The number of nitrogens with zero attached hydrogens (tertiary/aromatic N) is 4. The molecule has 0 fully saturated rings. The fourth-order valence-electron chi connectivity index (χ4n) is 3.27. The number of benzene rings is 3. The summed E-state index contributed by atoms with van der Waals surface area (Å²) in [4.78, 5) is 23.9. The monoisotopic (exact) mass is 501 g/mol. The number of carbonyl (C=O) groups is 2. The predicted octanol–water partition coefficient (Wildman–Crippen LogP) is 3.97. The van der Waals surface area contributed by atoms with Gasteiger partial charge >= 0.3 is 5.97 Å². The SMILES string of the molecule is COC(=O)c1ccc(C=NNC(=O)CSc2nnc(-c3ccccc3)n2-c2ccc(OC)cc2)cc1. The molecule has 182 valence electrons. The standard InChI is InChI=1S/C26H23N5O4S/c1-34-22-14-12-21(13-15-22)31-24(19-6-4-3-5-7-19)29-30-26(31)36-17-23(32)28-27-16-18-8-10-20(11-9-18)25(33)35-2/h3-16H,17H2,1-2H3,(H,28,32). The molecule has 0 atom stereocenters. The van der Waals surface area contributed by atoms with Crippen molar-refractivity contribution < 1.29 is 19.1 Å². The van der Waals surface area contributed by atoms with E-state index in [0.717, 1.165) is 22.6 Å². The van der Waals surface area contributed by atoms with Gasteiger partial charge in [-0.1, -0.05) is 54.2 Å². The summed E-state index contributed by atoms with van der Waals surface area (Å²) in [5.41, 5.74) is 5.41. The molecule has 0 unspecified atom stereocenters. The second kappa shape index (κ2) is 11.8. The van der Waals surface area contributed by atoms with Crippen molar-refractivity contribution in [1.29, 1.82) is 0 Å². The van der Waals surface area contributed by atoms with Crippen LogP contribution in [0.1, 0.15) is 15.9 Å². The van der Waals surface area contributed by atoms with Crippen molar-refractivity contribution in [3.63, 3.8) is 0 Å². The molecule has 36 heavy (non-hydrogen) atoms. The first-order chi connectivity index (χ1) is 17.6. The molecule has 10 heteroatoms. The number of amides is 1. The summed E-state index contributed by atoms with van der Waals surface area (Å²) >= 11 is 1.25. The third kappa shape index (κ3) is 5.97. The van der Waals surface area contributed by atoms with Gasteiger partial charge in [-0.3, -0.25) is 9.36 Å². The maximum absolute atomic E-state index is 12.4. The number of hydrogen-bond acceptors (Lipinski definition) is 8. The maximum atomic E-state index is 12.4. The smallest absolute Gasteiger partial charge is 0.337 e. The van der Waals surface area contributed by atoms with Crippen LogP contribution in [-0.4, -0.2) is 52.8 Å². The van der Waals surface area contributed by atoms with Crippen molar-refractivity contribution >= 4 is 29.9 Å². The fourth-order valence-corrected chi connectivity index (χ4v) is 4.01. The topological polar surface area (TPSA) is 108 Å². The number of methoxy groups -OCH3 is 2. The van der Waals surface area contributed by atoms with Crippen LogP contribution in [0.25, 0.3) is 17.1 Å². The van der Waals surface area contributed by atoms with Gasteiger partial charge in [-0.25, -0.2) is 10.2 Å². The summed E-state index contributed by atoms with van der Waals surface area (Å²) in [5.74, 6) is 0.771. The van der Waals surface area contributed by atoms with E-state index in [2.05, 4.69) is 25.5 Å². The number of hydrogen-bond donors (Lipinski definition) is 1. The molecule has 0 aliphatic rings. The van der Waals surface area contributed by atoms with E-state index in [1.54, 1.807) is 31.4 Å². The number of aromatic nitrogens is 3. The van der Waals surface area contributed by atoms with Gasteiger partial charge < -0.3 is 9.47 Å². The lowest BCUT2D eigenvalue weighted by molar-refractivity contribution is -0.118. The zero-order valence-electron chi connectivity index (χ0n) is 19.6. The van der Waals surface area contributed by atoms with Crippen molar-refractivity contribution in [2.75, 3.05) is 20.0 Å². The fraction of sp³-hybridized carbons (Fsp3) is 0.115. The van der Waals surface area contributed by atoms with Crippen LogP contribution in [0.5, 0.6) is 5.75 Å². The Kier molecular flexibility index (Phi) is 8.09. The van der Waals surface area contributed by atoms with Crippen LogP contribution in [0.2, 0.25) is 0 Å². The third-order valence-electron chi connectivity index (χ3n) is 5.06. The van der Waals surface area contributed by atoms with E-state index in [-0.39, 0.29) is 11.7 Å². The van der Waals surface area contributed by atoms with Gasteiger partial charge in [-0.15, -0.1) is 10.2 Å². The normalized spacial score (nSPS) is 10.8. The lowest BCUT2D eigenvalue weighted by Gasteiger charge is -2.11. The van der Waals surface area contributed by atoms with Gasteiger partial charge in [0, 0.05) is 11.3 Å². The minimum Gasteiger partial charge on any atom is -0.497 e. The van der Waals surface area contributed by atoms with Crippen LogP contribution in [0, 0.1) is 0 Å². The van der Waals surface area contributed by atoms with Crippen LogP contribution in [0.3, 0.4) is 0 Å². The van der Waals surface area contributed by atoms with Crippen LogP contribution >= 0.6 is 11.8 Å². The second-order valence-corrected chi connectivity index (χ2v) is 8.34. The van der Waals surface area contributed by atoms with E-state index >= 15 is 0 Å². The summed E-state index contributed by atoms with van der Waals surface area (Å²) in [6.07, 6.45) is 1.50. The minimum atomic E-state index is -0.415. The maximum Gasteiger partial charge on any atom is 0.337 e. The molecular formula is C26H23N5O4S. The molecule has 1 N–H and O–H groups in total. The largest absolute Gasteiger partial charge is 0.497 e. The lowest BCUT2D eigenvalue weighted by atomic mass is 10.1. The lowest BCUT2D eigenvalue weighted by Crippen LogP contribution is -2.20. The van der Waals surface area contributed by atoms with E-state index in [1.807, 2.05) is 59.2 Å². The highest BCUT2D eigenvalue weighted by atomic mass is 32.2. The van der Waals surface area contributed by atoms with Gasteiger partial charge in [0.05, 0.1) is 31.8 Å². The highest BCUT2D eigenvalue weighted by Crippen LogP contribution is 2.28. The molecule has 0 bridgehead atoms. The van der Waals surface area contributed by atoms with Gasteiger partial charge in [-0.2, -0.15) is 5.10 Å².